The van der Waals surface area contributed by atoms with Gasteiger partial charge < -0.3 is 9.64 Å². The lowest BCUT2D eigenvalue weighted by Crippen LogP contribution is -2.41. The Morgan fingerprint density at radius 1 is 1.15 bits per heavy atom. The van der Waals surface area contributed by atoms with E-state index in [1.807, 2.05) is 35.2 Å². The smallest absolute Gasteiger partial charge is 0.307 e. The van der Waals surface area contributed by atoms with Gasteiger partial charge in [0, 0.05) is 19.6 Å². The van der Waals surface area contributed by atoms with E-state index in [1.165, 1.54) is 0 Å². The van der Waals surface area contributed by atoms with Crippen LogP contribution < -0.4 is 0 Å². The number of esters is 1. The van der Waals surface area contributed by atoms with Crippen LogP contribution in [0, 0.1) is 0 Å². The number of sulfone groups is 1. The summed E-state index contributed by atoms with van der Waals surface area (Å²) in [4.78, 5) is 13.6. The summed E-state index contributed by atoms with van der Waals surface area (Å²) in [5, 5.41) is 0. The maximum Gasteiger partial charge on any atom is 0.307 e. The third kappa shape index (κ3) is 4.94. The van der Waals surface area contributed by atoms with E-state index in [1.54, 1.807) is 0 Å². The van der Waals surface area contributed by atoms with E-state index in [4.69, 9.17) is 4.74 Å². The molecule has 1 aromatic carbocycles. The Morgan fingerprint density at radius 3 is 2.45 bits per heavy atom. The van der Waals surface area contributed by atoms with E-state index in [-0.39, 0.29) is 24.1 Å². The highest BCUT2D eigenvalue weighted by Gasteiger charge is 2.21. The molecule has 1 saturated heterocycles. The van der Waals surface area contributed by atoms with Crippen molar-refractivity contribution in [1.29, 1.82) is 0 Å². The molecule has 1 aliphatic rings. The Balaban J connectivity index is 1.66. The maximum absolute atomic E-state index is 11.6. The summed E-state index contributed by atoms with van der Waals surface area (Å²) < 4.78 is 27.7. The first-order valence-electron chi connectivity index (χ1n) is 6.67. The van der Waals surface area contributed by atoms with Crippen molar-refractivity contribution in [2.45, 2.75) is 13.0 Å². The number of nitrogens with zero attached hydrogens (tertiary/aromatic N) is 1. The average molecular weight is 297 g/mol. The Morgan fingerprint density at radius 2 is 1.80 bits per heavy atom. The molecular weight excluding hydrogens is 278 g/mol. The molecule has 1 heterocycles. The predicted molar refractivity (Wildman–Crippen MR) is 75.9 cm³/mol. The van der Waals surface area contributed by atoms with E-state index >= 15 is 0 Å². The monoisotopic (exact) mass is 297 g/mol. The minimum absolute atomic E-state index is 0.187. The van der Waals surface area contributed by atoms with Gasteiger partial charge in [0.25, 0.3) is 0 Å². The number of rotatable bonds is 5. The van der Waals surface area contributed by atoms with Crippen molar-refractivity contribution in [3.8, 4) is 0 Å². The lowest BCUT2D eigenvalue weighted by atomic mass is 10.2. The first kappa shape index (κ1) is 15.0. The van der Waals surface area contributed by atoms with Crippen LogP contribution in [-0.4, -0.2) is 50.4 Å². The van der Waals surface area contributed by atoms with E-state index in [0.29, 0.717) is 26.1 Å². The highest BCUT2D eigenvalue weighted by atomic mass is 32.2. The third-order valence-electron chi connectivity index (χ3n) is 3.31. The number of benzene rings is 1. The molecule has 6 heteroatoms. The molecule has 0 aromatic heterocycles. The van der Waals surface area contributed by atoms with Gasteiger partial charge in [-0.1, -0.05) is 30.3 Å². The normalized spacial score (nSPS) is 18.6. The first-order valence-corrected chi connectivity index (χ1v) is 8.50. The lowest BCUT2D eigenvalue weighted by molar-refractivity contribution is -0.145. The molecule has 0 spiro atoms. The molecule has 110 valence electrons. The Kier molecular flexibility index (Phi) is 5.14. The van der Waals surface area contributed by atoms with Crippen LogP contribution in [0.25, 0.3) is 0 Å². The van der Waals surface area contributed by atoms with Gasteiger partial charge in [0.05, 0.1) is 17.9 Å². The second-order valence-corrected chi connectivity index (χ2v) is 7.19. The van der Waals surface area contributed by atoms with Crippen LogP contribution in [0.15, 0.2) is 30.3 Å². The average Bonchev–Trinajstić information content (AvgIpc) is 2.45. The number of hydrogen-bond acceptors (Lipinski definition) is 5. The molecule has 0 amide bonds. The third-order valence-corrected chi connectivity index (χ3v) is 4.92. The molecule has 0 bridgehead atoms. The molecule has 0 N–H and O–H groups in total. The summed E-state index contributed by atoms with van der Waals surface area (Å²) in [5.74, 6) is 0.125. The Bertz CT molecular complexity index is 528. The van der Waals surface area contributed by atoms with Crippen LogP contribution in [0.1, 0.15) is 12.0 Å². The van der Waals surface area contributed by atoms with Gasteiger partial charge in [-0.15, -0.1) is 0 Å². The standard InChI is InChI=1S/C14H19NO4S/c16-14(19-12-13-4-2-1-3-5-13)6-7-15-8-10-20(17,18)11-9-15/h1-5H,6-12H2. The van der Waals surface area contributed by atoms with Gasteiger partial charge in [0.15, 0.2) is 9.84 Å². The van der Waals surface area contributed by atoms with Gasteiger partial charge in [-0.3, -0.25) is 4.79 Å². The first-order chi connectivity index (χ1) is 9.55. The lowest BCUT2D eigenvalue weighted by Gasteiger charge is -2.25. The molecular formula is C14H19NO4S. The number of hydrogen-bond donors (Lipinski definition) is 0. The van der Waals surface area contributed by atoms with E-state index in [2.05, 4.69) is 0 Å². The fraction of sp³-hybridized carbons (Fsp3) is 0.500. The fourth-order valence-electron chi connectivity index (χ4n) is 2.03. The van der Waals surface area contributed by atoms with Gasteiger partial charge in [0.2, 0.25) is 0 Å². The van der Waals surface area contributed by atoms with Crippen LogP contribution in [0.4, 0.5) is 0 Å². The van der Waals surface area contributed by atoms with Crippen molar-refractivity contribution >= 4 is 15.8 Å². The predicted octanol–water partition coefficient (Wildman–Crippen LogP) is 0.850. The van der Waals surface area contributed by atoms with E-state index < -0.39 is 9.84 Å². The molecule has 0 aliphatic carbocycles. The van der Waals surface area contributed by atoms with Gasteiger partial charge in [-0.2, -0.15) is 0 Å². The minimum Gasteiger partial charge on any atom is -0.461 e. The molecule has 1 aromatic rings. The fourth-order valence-corrected chi connectivity index (χ4v) is 3.31. The molecule has 0 unspecified atom stereocenters. The van der Waals surface area contributed by atoms with Crippen molar-refractivity contribution in [2.24, 2.45) is 0 Å². The molecule has 1 aliphatic heterocycles. The molecule has 0 radical (unpaired) electrons. The molecule has 5 nitrogen and oxygen atoms in total. The highest BCUT2D eigenvalue weighted by Crippen LogP contribution is 2.06. The summed E-state index contributed by atoms with van der Waals surface area (Å²) in [6.07, 6.45) is 0.298. The van der Waals surface area contributed by atoms with Crippen molar-refractivity contribution in [3.05, 3.63) is 35.9 Å². The van der Waals surface area contributed by atoms with Crippen LogP contribution in [-0.2, 0) is 26.0 Å². The van der Waals surface area contributed by atoms with E-state index in [0.717, 1.165) is 5.56 Å². The van der Waals surface area contributed by atoms with Crippen molar-refractivity contribution in [3.63, 3.8) is 0 Å². The summed E-state index contributed by atoms with van der Waals surface area (Å²) in [6.45, 7) is 1.86. The zero-order valence-corrected chi connectivity index (χ0v) is 12.1. The van der Waals surface area contributed by atoms with Gasteiger partial charge in [0.1, 0.15) is 6.61 Å². The molecule has 0 atom stereocenters. The number of carbonyl (C=O) groups excluding carboxylic acids is 1. The van der Waals surface area contributed by atoms with Crippen LogP contribution in [0.2, 0.25) is 0 Å². The zero-order valence-electron chi connectivity index (χ0n) is 11.3. The largest absolute Gasteiger partial charge is 0.461 e. The van der Waals surface area contributed by atoms with Gasteiger partial charge >= 0.3 is 5.97 Å². The van der Waals surface area contributed by atoms with Crippen molar-refractivity contribution < 1.29 is 17.9 Å². The van der Waals surface area contributed by atoms with Crippen molar-refractivity contribution in [1.82, 2.24) is 4.90 Å². The number of carbonyl (C=O) groups is 1. The van der Waals surface area contributed by atoms with Gasteiger partial charge in [-0.25, -0.2) is 8.42 Å². The Hall–Kier alpha value is -1.40. The maximum atomic E-state index is 11.6. The van der Waals surface area contributed by atoms with Crippen LogP contribution in [0.5, 0.6) is 0 Å². The summed E-state index contributed by atoms with van der Waals surface area (Å²) in [5.41, 5.74) is 0.963. The number of ether oxygens (including phenoxy) is 1. The molecule has 1 fully saturated rings. The summed E-state index contributed by atoms with van der Waals surface area (Å²) in [6, 6.07) is 9.52. The van der Waals surface area contributed by atoms with Crippen LogP contribution >= 0.6 is 0 Å². The second kappa shape index (κ2) is 6.85. The molecule has 20 heavy (non-hydrogen) atoms. The summed E-state index contributed by atoms with van der Waals surface area (Å²) >= 11 is 0. The quantitative estimate of drug-likeness (QED) is 0.754. The second-order valence-electron chi connectivity index (χ2n) is 4.89. The summed E-state index contributed by atoms with van der Waals surface area (Å²) in [7, 11) is -2.86. The highest BCUT2D eigenvalue weighted by molar-refractivity contribution is 7.91. The van der Waals surface area contributed by atoms with Crippen LogP contribution in [0.3, 0.4) is 0 Å². The van der Waals surface area contributed by atoms with Crippen molar-refractivity contribution in [2.75, 3.05) is 31.1 Å². The Labute approximate surface area is 119 Å². The minimum atomic E-state index is -2.86. The zero-order chi connectivity index (χ0) is 14.4. The molecule has 2 rings (SSSR count). The molecule has 0 saturated carbocycles. The topological polar surface area (TPSA) is 63.7 Å². The SMILES string of the molecule is O=C(CCN1CCS(=O)(=O)CC1)OCc1ccccc1. The van der Waals surface area contributed by atoms with Gasteiger partial charge in [-0.05, 0) is 5.56 Å². The van der Waals surface area contributed by atoms with E-state index in [9.17, 15) is 13.2 Å².